The summed E-state index contributed by atoms with van der Waals surface area (Å²) >= 11 is 0. The van der Waals surface area contributed by atoms with Gasteiger partial charge in [-0.05, 0) is 6.42 Å². The molecular formula is C20H41NO3. The van der Waals surface area contributed by atoms with Gasteiger partial charge in [0.05, 0.1) is 13.2 Å². The summed E-state index contributed by atoms with van der Waals surface area (Å²) in [4.78, 5) is 11.4. The average molecular weight is 344 g/mol. The molecule has 0 radical (unpaired) electrons. The minimum absolute atomic E-state index is 0.0115. The first-order valence-corrected chi connectivity index (χ1v) is 10.3. The molecule has 0 rings (SSSR count). The summed E-state index contributed by atoms with van der Waals surface area (Å²) in [5, 5.41) is 18.5. The van der Waals surface area contributed by atoms with E-state index in [1.54, 1.807) is 0 Å². The van der Waals surface area contributed by atoms with Gasteiger partial charge in [-0.15, -0.1) is 0 Å². The van der Waals surface area contributed by atoms with E-state index in [4.69, 9.17) is 5.11 Å². The van der Waals surface area contributed by atoms with Gasteiger partial charge in [-0.25, -0.2) is 5.06 Å². The zero-order valence-corrected chi connectivity index (χ0v) is 16.0. The highest BCUT2D eigenvalue weighted by molar-refractivity contribution is 5.74. The molecule has 4 heteroatoms. The standard InChI is InChI=1S/C20H41NO3/c1-2-3-4-5-6-7-8-9-10-11-12-13-14-15-16-17-20(23)21(24)18-19-22/h22,24H,2-19H2,1H3. The highest BCUT2D eigenvalue weighted by Gasteiger charge is 2.08. The Morgan fingerprint density at radius 3 is 1.46 bits per heavy atom. The molecule has 1 amide bonds. The lowest BCUT2D eigenvalue weighted by Crippen LogP contribution is -2.29. The van der Waals surface area contributed by atoms with Gasteiger partial charge in [0, 0.05) is 6.42 Å². The third kappa shape index (κ3) is 16.3. The van der Waals surface area contributed by atoms with E-state index in [1.807, 2.05) is 0 Å². The number of rotatable bonds is 18. The zero-order chi connectivity index (χ0) is 17.9. The van der Waals surface area contributed by atoms with Crippen molar-refractivity contribution in [2.45, 2.75) is 110 Å². The molecule has 4 nitrogen and oxygen atoms in total. The van der Waals surface area contributed by atoms with Crippen molar-refractivity contribution in [3.05, 3.63) is 0 Å². The Balaban J connectivity index is 3.14. The van der Waals surface area contributed by atoms with Crippen LogP contribution in [0.1, 0.15) is 110 Å². The van der Waals surface area contributed by atoms with Gasteiger partial charge in [-0.1, -0.05) is 96.8 Å². The van der Waals surface area contributed by atoms with Gasteiger partial charge < -0.3 is 5.11 Å². The molecule has 0 fully saturated rings. The van der Waals surface area contributed by atoms with Gasteiger partial charge in [0.1, 0.15) is 0 Å². The predicted octanol–water partition coefficient (Wildman–Crippen LogP) is 5.46. The third-order valence-corrected chi connectivity index (χ3v) is 4.59. The Hall–Kier alpha value is -0.610. The lowest BCUT2D eigenvalue weighted by atomic mass is 10.0. The van der Waals surface area contributed by atoms with Crippen molar-refractivity contribution in [2.24, 2.45) is 0 Å². The summed E-state index contributed by atoms with van der Waals surface area (Å²) in [5.74, 6) is -0.279. The maximum absolute atomic E-state index is 11.4. The molecule has 24 heavy (non-hydrogen) atoms. The quantitative estimate of drug-likeness (QED) is 0.197. The first-order valence-electron chi connectivity index (χ1n) is 10.3. The number of amides is 1. The molecular weight excluding hydrogens is 302 g/mol. The summed E-state index contributed by atoms with van der Waals surface area (Å²) in [6, 6.07) is 0. The van der Waals surface area contributed by atoms with Crippen molar-refractivity contribution in [2.75, 3.05) is 13.2 Å². The van der Waals surface area contributed by atoms with Crippen LogP contribution < -0.4 is 0 Å². The molecule has 0 unspecified atom stereocenters. The molecule has 0 aromatic rings. The summed E-state index contributed by atoms with van der Waals surface area (Å²) in [6.45, 7) is 2.08. The lowest BCUT2D eigenvalue weighted by Gasteiger charge is -2.12. The normalized spacial score (nSPS) is 11.0. The summed E-state index contributed by atoms with van der Waals surface area (Å²) in [5.41, 5.74) is 0. The van der Waals surface area contributed by atoms with E-state index in [1.165, 1.54) is 83.5 Å². The average Bonchev–Trinajstić information content (AvgIpc) is 2.58. The van der Waals surface area contributed by atoms with Crippen LogP contribution in [-0.2, 0) is 4.79 Å². The van der Waals surface area contributed by atoms with E-state index in [0.717, 1.165) is 12.8 Å². The fourth-order valence-electron chi connectivity index (χ4n) is 3.00. The molecule has 0 saturated carbocycles. The molecule has 0 atom stereocenters. The van der Waals surface area contributed by atoms with Crippen LogP contribution >= 0.6 is 0 Å². The molecule has 0 bridgehead atoms. The van der Waals surface area contributed by atoms with Gasteiger partial charge in [0.25, 0.3) is 0 Å². The van der Waals surface area contributed by atoms with Gasteiger partial charge in [0.2, 0.25) is 5.91 Å². The van der Waals surface area contributed by atoms with E-state index in [-0.39, 0.29) is 19.1 Å². The maximum atomic E-state index is 11.4. The third-order valence-electron chi connectivity index (χ3n) is 4.59. The molecule has 0 aromatic heterocycles. The van der Waals surface area contributed by atoms with Gasteiger partial charge in [-0.3, -0.25) is 10.0 Å². The number of unbranched alkanes of at least 4 members (excludes halogenated alkanes) is 14. The topological polar surface area (TPSA) is 60.8 Å². The Labute approximate surface area is 149 Å². The molecule has 0 aliphatic heterocycles. The summed E-state index contributed by atoms with van der Waals surface area (Å²) in [6.07, 6.45) is 19.9. The molecule has 144 valence electrons. The van der Waals surface area contributed by atoms with E-state index in [0.29, 0.717) is 11.5 Å². The Bertz CT molecular complexity index is 272. The van der Waals surface area contributed by atoms with Crippen LogP contribution in [0.2, 0.25) is 0 Å². The summed E-state index contributed by atoms with van der Waals surface area (Å²) in [7, 11) is 0. The monoisotopic (exact) mass is 343 g/mol. The molecule has 0 saturated heterocycles. The highest BCUT2D eigenvalue weighted by atomic mass is 16.5. The van der Waals surface area contributed by atoms with Crippen LogP contribution in [0, 0.1) is 0 Å². The van der Waals surface area contributed by atoms with Crippen molar-refractivity contribution in [1.82, 2.24) is 5.06 Å². The van der Waals surface area contributed by atoms with Crippen LogP contribution in [0.25, 0.3) is 0 Å². The fraction of sp³-hybridized carbons (Fsp3) is 0.950. The molecule has 0 spiro atoms. The van der Waals surface area contributed by atoms with Crippen molar-refractivity contribution in [3.8, 4) is 0 Å². The van der Waals surface area contributed by atoms with Crippen LogP contribution in [0.15, 0.2) is 0 Å². The van der Waals surface area contributed by atoms with E-state index in [9.17, 15) is 10.0 Å². The fourth-order valence-corrected chi connectivity index (χ4v) is 3.00. The first kappa shape index (κ1) is 23.4. The summed E-state index contributed by atoms with van der Waals surface area (Å²) < 4.78 is 0. The number of carbonyl (C=O) groups excluding carboxylic acids is 1. The van der Waals surface area contributed by atoms with Crippen LogP contribution in [-0.4, -0.2) is 34.4 Å². The van der Waals surface area contributed by atoms with Gasteiger partial charge in [-0.2, -0.15) is 0 Å². The van der Waals surface area contributed by atoms with Crippen molar-refractivity contribution in [1.29, 1.82) is 0 Å². The predicted molar refractivity (Wildman–Crippen MR) is 100 cm³/mol. The second-order valence-electron chi connectivity index (χ2n) is 6.94. The van der Waals surface area contributed by atoms with Crippen molar-refractivity contribution < 1.29 is 15.1 Å². The molecule has 2 N–H and O–H groups in total. The van der Waals surface area contributed by atoms with E-state index >= 15 is 0 Å². The second kappa shape index (κ2) is 18.7. The highest BCUT2D eigenvalue weighted by Crippen LogP contribution is 2.13. The van der Waals surface area contributed by atoms with Crippen molar-refractivity contribution in [3.63, 3.8) is 0 Å². The molecule has 0 aliphatic rings. The number of hydrogen-bond donors (Lipinski definition) is 2. The van der Waals surface area contributed by atoms with Crippen LogP contribution in [0.5, 0.6) is 0 Å². The lowest BCUT2D eigenvalue weighted by molar-refractivity contribution is -0.167. The maximum Gasteiger partial charge on any atom is 0.245 e. The van der Waals surface area contributed by atoms with Crippen molar-refractivity contribution >= 4 is 5.91 Å². The SMILES string of the molecule is CCCCCCCCCCCCCCCCCC(=O)N(O)CCO. The number of aliphatic hydroxyl groups excluding tert-OH is 1. The van der Waals surface area contributed by atoms with Crippen LogP contribution in [0.4, 0.5) is 0 Å². The molecule has 0 aliphatic carbocycles. The number of carbonyl (C=O) groups is 1. The number of hydroxylamine groups is 2. The van der Waals surface area contributed by atoms with Crippen LogP contribution in [0.3, 0.4) is 0 Å². The zero-order valence-electron chi connectivity index (χ0n) is 16.0. The molecule has 0 aromatic carbocycles. The number of hydrogen-bond acceptors (Lipinski definition) is 3. The smallest absolute Gasteiger partial charge is 0.245 e. The largest absolute Gasteiger partial charge is 0.394 e. The Morgan fingerprint density at radius 1 is 0.708 bits per heavy atom. The van der Waals surface area contributed by atoms with E-state index < -0.39 is 0 Å². The Kier molecular flexibility index (Phi) is 18.2. The van der Waals surface area contributed by atoms with Gasteiger partial charge >= 0.3 is 0 Å². The molecule has 0 heterocycles. The van der Waals surface area contributed by atoms with E-state index in [2.05, 4.69) is 6.92 Å². The number of nitrogens with zero attached hydrogens (tertiary/aromatic N) is 1. The number of aliphatic hydroxyl groups is 1. The first-order chi connectivity index (χ1) is 11.7. The minimum Gasteiger partial charge on any atom is -0.394 e. The minimum atomic E-state index is -0.279. The van der Waals surface area contributed by atoms with Gasteiger partial charge in [0.15, 0.2) is 0 Å². The second-order valence-corrected chi connectivity index (χ2v) is 6.94. The Morgan fingerprint density at radius 2 is 1.08 bits per heavy atom.